The summed E-state index contributed by atoms with van der Waals surface area (Å²) in [6.45, 7) is 5.31. The first-order chi connectivity index (χ1) is 8.31. The third-order valence-corrected chi connectivity index (χ3v) is 4.01. The molecule has 1 fully saturated rings. The fourth-order valence-electron chi connectivity index (χ4n) is 3.02. The van der Waals surface area contributed by atoms with Gasteiger partial charge in [-0.15, -0.1) is 0 Å². The Morgan fingerprint density at radius 2 is 2.18 bits per heavy atom. The molecular weight excluding hydrogens is 210 g/mol. The van der Waals surface area contributed by atoms with Crippen LogP contribution in [0, 0.1) is 12.8 Å². The number of hydrogen-bond acceptors (Lipinski definition) is 2. The predicted octanol–water partition coefficient (Wildman–Crippen LogP) is 4.21. The molecule has 1 saturated carbocycles. The molecule has 96 valence electrons. The average Bonchev–Trinajstić information content (AvgIpc) is 2.95. The number of rotatable bonds is 6. The molecule has 2 nitrogen and oxygen atoms in total. The fraction of sp³-hybridized carbons (Fsp3) is 0.733. The Hall–Kier alpha value is -0.760. The molecule has 2 heteroatoms. The zero-order chi connectivity index (χ0) is 12.1. The summed E-state index contributed by atoms with van der Waals surface area (Å²) >= 11 is 0. The lowest BCUT2D eigenvalue weighted by atomic mass is 9.96. The highest BCUT2D eigenvalue weighted by Crippen LogP contribution is 2.32. The second-order valence-corrected chi connectivity index (χ2v) is 5.31. The van der Waals surface area contributed by atoms with Crippen molar-refractivity contribution < 1.29 is 4.42 Å². The SMILES string of the molecule is CCNC(CCC1CCCC1)c1occc1C. The monoisotopic (exact) mass is 235 g/mol. The van der Waals surface area contributed by atoms with Crippen LogP contribution in [0.1, 0.15) is 62.8 Å². The summed E-state index contributed by atoms with van der Waals surface area (Å²) < 4.78 is 5.63. The molecule has 1 aliphatic rings. The molecular formula is C15H25NO. The van der Waals surface area contributed by atoms with E-state index in [0.717, 1.165) is 18.2 Å². The second kappa shape index (κ2) is 6.25. The molecule has 1 atom stereocenters. The second-order valence-electron chi connectivity index (χ2n) is 5.31. The minimum Gasteiger partial charge on any atom is -0.467 e. The van der Waals surface area contributed by atoms with Crippen molar-refractivity contribution in [1.82, 2.24) is 5.32 Å². The van der Waals surface area contributed by atoms with E-state index in [1.807, 2.05) is 6.26 Å². The van der Waals surface area contributed by atoms with E-state index in [0.29, 0.717) is 6.04 Å². The van der Waals surface area contributed by atoms with Crippen LogP contribution in [0.2, 0.25) is 0 Å². The Kier molecular flexibility index (Phi) is 4.66. The molecule has 2 rings (SSSR count). The topological polar surface area (TPSA) is 25.2 Å². The molecule has 0 spiro atoms. The van der Waals surface area contributed by atoms with Crippen LogP contribution in [0.15, 0.2) is 16.7 Å². The van der Waals surface area contributed by atoms with E-state index in [9.17, 15) is 0 Å². The zero-order valence-electron chi connectivity index (χ0n) is 11.2. The summed E-state index contributed by atoms with van der Waals surface area (Å²) in [5.41, 5.74) is 1.28. The summed E-state index contributed by atoms with van der Waals surface area (Å²) in [6.07, 6.45) is 10.1. The Balaban J connectivity index is 1.90. The molecule has 1 aromatic heterocycles. The number of hydrogen-bond donors (Lipinski definition) is 1. The van der Waals surface area contributed by atoms with Gasteiger partial charge >= 0.3 is 0 Å². The van der Waals surface area contributed by atoms with Gasteiger partial charge in [0.1, 0.15) is 5.76 Å². The van der Waals surface area contributed by atoms with Crippen molar-refractivity contribution in [2.45, 2.75) is 58.4 Å². The molecule has 1 N–H and O–H groups in total. The summed E-state index contributed by atoms with van der Waals surface area (Å²) in [4.78, 5) is 0. The van der Waals surface area contributed by atoms with Crippen molar-refractivity contribution in [3.63, 3.8) is 0 Å². The van der Waals surface area contributed by atoms with Crippen LogP contribution in [0.4, 0.5) is 0 Å². The highest BCUT2D eigenvalue weighted by molar-refractivity contribution is 5.18. The van der Waals surface area contributed by atoms with E-state index in [2.05, 4.69) is 25.2 Å². The third-order valence-electron chi connectivity index (χ3n) is 4.01. The van der Waals surface area contributed by atoms with E-state index in [1.165, 1.54) is 44.1 Å². The van der Waals surface area contributed by atoms with Crippen molar-refractivity contribution in [3.8, 4) is 0 Å². The van der Waals surface area contributed by atoms with Gasteiger partial charge in [0.2, 0.25) is 0 Å². The lowest BCUT2D eigenvalue weighted by Gasteiger charge is -2.18. The van der Waals surface area contributed by atoms with E-state index >= 15 is 0 Å². The first kappa shape index (κ1) is 12.7. The summed E-state index contributed by atoms with van der Waals surface area (Å²) in [5, 5.41) is 3.56. The predicted molar refractivity (Wildman–Crippen MR) is 71.1 cm³/mol. The lowest BCUT2D eigenvalue weighted by molar-refractivity contribution is 0.362. The van der Waals surface area contributed by atoms with E-state index in [1.54, 1.807) is 0 Å². The average molecular weight is 235 g/mol. The van der Waals surface area contributed by atoms with Crippen LogP contribution in [-0.2, 0) is 0 Å². The van der Waals surface area contributed by atoms with Crippen LogP contribution in [0.25, 0.3) is 0 Å². The van der Waals surface area contributed by atoms with Gasteiger partial charge in [-0.3, -0.25) is 0 Å². The lowest BCUT2D eigenvalue weighted by Crippen LogP contribution is -2.21. The highest BCUT2D eigenvalue weighted by atomic mass is 16.3. The van der Waals surface area contributed by atoms with Crippen molar-refractivity contribution >= 4 is 0 Å². The van der Waals surface area contributed by atoms with Crippen LogP contribution < -0.4 is 5.32 Å². The number of furan rings is 1. The Morgan fingerprint density at radius 3 is 2.76 bits per heavy atom. The minimum absolute atomic E-state index is 0.413. The molecule has 0 aliphatic heterocycles. The van der Waals surface area contributed by atoms with E-state index in [-0.39, 0.29) is 0 Å². The number of nitrogens with one attached hydrogen (secondary N) is 1. The van der Waals surface area contributed by atoms with Gasteiger partial charge in [0, 0.05) is 0 Å². The minimum atomic E-state index is 0.413. The summed E-state index contributed by atoms with van der Waals surface area (Å²) in [6, 6.07) is 2.48. The quantitative estimate of drug-likeness (QED) is 0.799. The van der Waals surface area contributed by atoms with Gasteiger partial charge in [-0.1, -0.05) is 32.6 Å². The van der Waals surface area contributed by atoms with Gasteiger partial charge < -0.3 is 9.73 Å². The Morgan fingerprint density at radius 1 is 1.41 bits per heavy atom. The van der Waals surface area contributed by atoms with Gasteiger partial charge in [0.15, 0.2) is 0 Å². The molecule has 1 heterocycles. The van der Waals surface area contributed by atoms with E-state index in [4.69, 9.17) is 4.42 Å². The van der Waals surface area contributed by atoms with Gasteiger partial charge in [-0.25, -0.2) is 0 Å². The van der Waals surface area contributed by atoms with Crippen molar-refractivity contribution in [3.05, 3.63) is 23.7 Å². The molecule has 0 bridgehead atoms. The molecule has 0 amide bonds. The largest absolute Gasteiger partial charge is 0.467 e. The van der Waals surface area contributed by atoms with Crippen LogP contribution >= 0.6 is 0 Å². The molecule has 17 heavy (non-hydrogen) atoms. The summed E-state index contributed by atoms with van der Waals surface area (Å²) in [5.74, 6) is 2.11. The van der Waals surface area contributed by atoms with Crippen LogP contribution in [0.3, 0.4) is 0 Å². The van der Waals surface area contributed by atoms with Crippen LogP contribution in [0.5, 0.6) is 0 Å². The van der Waals surface area contributed by atoms with E-state index < -0.39 is 0 Å². The molecule has 1 aromatic rings. The molecule has 1 aliphatic carbocycles. The maximum absolute atomic E-state index is 5.63. The first-order valence-corrected chi connectivity index (χ1v) is 7.08. The zero-order valence-corrected chi connectivity index (χ0v) is 11.2. The summed E-state index contributed by atoms with van der Waals surface area (Å²) in [7, 11) is 0. The maximum Gasteiger partial charge on any atom is 0.123 e. The van der Waals surface area contributed by atoms with Crippen molar-refractivity contribution in [1.29, 1.82) is 0 Å². The maximum atomic E-state index is 5.63. The molecule has 1 unspecified atom stereocenters. The standard InChI is InChI=1S/C15H25NO/c1-3-16-14(15-12(2)10-11-17-15)9-8-13-6-4-5-7-13/h10-11,13-14,16H,3-9H2,1-2H3. The molecule has 0 radical (unpaired) electrons. The van der Waals surface area contributed by atoms with Crippen molar-refractivity contribution in [2.24, 2.45) is 5.92 Å². The normalized spacial score (nSPS) is 18.7. The Bertz CT molecular complexity index is 325. The molecule has 0 saturated heterocycles. The number of aryl methyl sites for hydroxylation is 1. The van der Waals surface area contributed by atoms with Crippen LogP contribution in [-0.4, -0.2) is 6.54 Å². The van der Waals surface area contributed by atoms with Crippen molar-refractivity contribution in [2.75, 3.05) is 6.54 Å². The highest BCUT2D eigenvalue weighted by Gasteiger charge is 2.20. The smallest absolute Gasteiger partial charge is 0.123 e. The van der Waals surface area contributed by atoms with Gasteiger partial charge in [0.25, 0.3) is 0 Å². The van der Waals surface area contributed by atoms with Gasteiger partial charge in [-0.2, -0.15) is 0 Å². The van der Waals surface area contributed by atoms with Gasteiger partial charge in [0.05, 0.1) is 12.3 Å². The van der Waals surface area contributed by atoms with Gasteiger partial charge in [-0.05, 0) is 43.9 Å². The molecule has 0 aromatic carbocycles. The third kappa shape index (κ3) is 3.35. The fourth-order valence-corrected chi connectivity index (χ4v) is 3.02. The first-order valence-electron chi connectivity index (χ1n) is 7.08. The Labute approximate surface area is 105 Å².